The number of carbonyl (C=O) groups is 4. The van der Waals surface area contributed by atoms with Gasteiger partial charge in [0.15, 0.2) is 5.65 Å². The summed E-state index contributed by atoms with van der Waals surface area (Å²) < 4.78 is 6.61. The van der Waals surface area contributed by atoms with Crippen LogP contribution in [0, 0.1) is 18.3 Å². The van der Waals surface area contributed by atoms with E-state index < -0.39 is 11.9 Å². The molecule has 0 saturated carbocycles. The number of nitrogens with one attached hydrogen (secondary N) is 2. The second kappa shape index (κ2) is 17.6. The molecule has 17 nitrogen and oxygen atoms in total. The summed E-state index contributed by atoms with van der Waals surface area (Å²) in [5.41, 5.74) is 6.22. The summed E-state index contributed by atoms with van der Waals surface area (Å²) in [6, 6.07) is 10.8. The molecule has 6 aromatic rings. The number of fused-ring (bicyclic) bond motifs is 2. The molecular weight excluding hydrogens is 813 g/mol. The first-order valence-corrected chi connectivity index (χ1v) is 22.6. The molecule has 0 bridgehead atoms. The lowest BCUT2D eigenvalue weighted by atomic mass is 9.71. The van der Waals surface area contributed by atoms with E-state index >= 15 is 0 Å². The van der Waals surface area contributed by atoms with Crippen LogP contribution in [0.2, 0.25) is 0 Å². The second-order valence-corrected chi connectivity index (χ2v) is 18.1. The van der Waals surface area contributed by atoms with E-state index in [0.717, 1.165) is 99.8 Å². The lowest BCUT2D eigenvalue weighted by Gasteiger charge is -2.54. The quantitative estimate of drug-likeness (QED) is 0.140. The van der Waals surface area contributed by atoms with E-state index in [2.05, 4.69) is 55.4 Å². The van der Waals surface area contributed by atoms with Crippen LogP contribution in [0.4, 0.5) is 5.69 Å². The third-order valence-corrected chi connectivity index (χ3v) is 13.8. The normalized spacial score (nSPS) is 18.6. The first-order valence-electron chi connectivity index (χ1n) is 22.6. The van der Waals surface area contributed by atoms with Gasteiger partial charge in [0.1, 0.15) is 17.3 Å². The number of benzene rings is 1. The zero-order chi connectivity index (χ0) is 44.7. The SMILES string of the molecule is CC[C@H](CC[C@@H](C)n1cc(NC(=O)c2cnn3cccnc23)c(-c2ccc(C)cn2)n1)C(=O)N1CCC2(CC1)CN(CCCc1cccc3c1n(C)c(=O)n3C1CCC(=O)NC1=O)C2. The number of likely N-dealkylation sites (tertiary alicyclic amines) is 2. The predicted molar refractivity (Wildman–Crippen MR) is 240 cm³/mol. The highest BCUT2D eigenvalue weighted by molar-refractivity contribution is 6.09. The van der Waals surface area contributed by atoms with Crippen molar-refractivity contribution in [2.75, 3.05) is 38.0 Å². The molecule has 2 N–H and O–H groups in total. The summed E-state index contributed by atoms with van der Waals surface area (Å²) in [6.07, 6.45) is 15.0. The van der Waals surface area contributed by atoms with Crippen LogP contribution in [-0.2, 0) is 27.9 Å². The van der Waals surface area contributed by atoms with Gasteiger partial charge in [-0.1, -0.05) is 25.1 Å². The number of para-hydroxylation sites is 1. The Morgan fingerprint density at radius 2 is 1.83 bits per heavy atom. The molecule has 334 valence electrons. The number of imide groups is 1. The Morgan fingerprint density at radius 1 is 1.02 bits per heavy atom. The summed E-state index contributed by atoms with van der Waals surface area (Å²) in [5.74, 6) is -0.926. The van der Waals surface area contributed by atoms with Gasteiger partial charge in [-0.2, -0.15) is 10.2 Å². The van der Waals surface area contributed by atoms with Crippen LogP contribution < -0.4 is 16.3 Å². The van der Waals surface area contributed by atoms with Crippen molar-refractivity contribution < 1.29 is 19.2 Å². The minimum Gasteiger partial charge on any atom is -0.342 e. The molecule has 0 radical (unpaired) electrons. The van der Waals surface area contributed by atoms with Crippen LogP contribution in [0.3, 0.4) is 0 Å². The van der Waals surface area contributed by atoms with E-state index in [1.165, 1.54) is 6.20 Å². The van der Waals surface area contributed by atoms with Crippen LogP contribution >= 0.6 is 0 Å². The van der Waals surface area contributed by atoms with Crippen molar-refractivity contribution in [1.29, 1.82) is 0 Å². The standard InChI is InChI=1S/C47H56N12O5/c1-5-32(14-13-31(3)58-27-36(40(53-58)35-15-12-30(2)25-49-35)51-43(61)34-26-50-57-22-8-20-48-42(34)57)45(63)56-23-18-47(19-24-56)28-55(29-47)21-7-10-33-9-6-11-37-41(33)54(4)46(64)59(37)38-16-17-39(60)52-44(38)62/h6,8-9,11-12,15,20,22,25-27,31-32,38H,5,7,10,13-14,16-19,21,23-24,28-29H2,1-4H3,(H,51,61)(H,52,60,62)/t31-,32-,38?/m1/s1. The number of rotatable bonds is 14. The Labute approximate surface area is 370 Å². The number of hydrogen-bond acceptors (Lipinski definition) is 10. The highest BCUT2D eigenvalue weighted by Gasteiger charge is 2.45. The van der Waals surface area contributed by atoms with E-state index in [4.69, 9.17) is 5.10 Å². The molecule has 0 aliphatic carbocycles. The summed E-state index contributed by atoms with van der Waals surface area (Å²) in [4.78, 5) is 78.8. The predicted octanol–water partition coefficient (Wildman–Crippen LogP) is 5.10. The van der Waals surface area contributed by atoms with E-state index in [0.29, 0.717) is 34.7 Å². The minimum atomic E-state index is -0.698. The highest BCUT2D eigenvalue weighted by Crippen LogP contribution is 2.41. The average molecular weight is 869 g/mol. The van der Waals surface area contributed by atoms with Crippen molar-refractivity contribution in [3.8, 4) is 11.4 Å². The molecule has 17 heteroatoms. The fourth-order valence-electron chi connectivity index (χ4n) is 10.0. The first kappa shape index (κ1) is 42.8. The summed E-state index contributed by atoms with van der Waals surface area (Å²) in [5, 5.41) is 14.6. The number of hydrogen-bond donors (Lipinski definition) is 2. The monoisotopic (exact) mass is 868 g/mol. The number of anilines is 1. The maximum atomic E-state index is 14.0. The van der Waals surface area contributed by atoms with Gasteiger partial charge < -0.3 is 15.1 Å². The second-order valence-electron chi connectivity index (χ2n) is 18.1. The summed E-state index contributed by atoms with van der Waals surface area (Å²) in [7, 11) is 1.75. The van der Waals surface area contributed by atoms with E-state index in [-0.39, 0.29) is 47.2 Å². The number of piperidine rings is 2. The first-order chi connectivity index (χ1) is 30.9. The van der Waals surface area contributed by atoms with Gasteiger partial charge >= 0.3 is 5.69 Å². The molecule has 3 atom stereocenters. The third kappa shape index (κ3) is 8.24. The summed E-state index contributed by atoms with van der Waals surface area (Å²) in [6.45, 7) is 10.7. The average Bonchev–Trinajstić information content (AvgIpc) is 3.98. The minimum absolute atomic E-state index is 0.0420. The van der Waals surface area contributed by atoms with Crippen molar-refractivity contribution in [1.82, 2.24) is 53.6 Å². The van der Waals surface area contributed by atoms with Crippen molar-refractivity contribution >= 4 is 46.0 Å². The van der Waals surface area contributed by atoms with Gasteiger partial charge in [-0.3, -0.25) is 43.3 Å². The van der Waals surface area contributed by atoms with Gasteiger partial charge in [0.2, 0.25) is 17.7 Å². The number of amides is 4. The van der Waals surface area contributed by atoms with Gasteiger partial charge in [-0.15, -0.1) is 0 Å². The van der Waals surface area contributed by atoms with Gasteiger partial charge in [-0.25, -0.2) is 14.3 Å². The number of aryl methyl sites for hydroxylation is 3. The molecule has 5 aromatic heterocycles. The smallest absolute Gasteiger partial charge is 0.329 e. The Kier molecular flexibility index (Phi) is 11.8. The van der Waals surface area contributed by atoms with Crippen LogP contribution in [0.25, 0.3) is 28.1 Å². The highest BCUT2D eigenvalue weighted by atomic mass is 16.2. The van der Waals surface area contributed by atoms with E-state index in [9.17, 15) is 24.0 Å². The fraction of sp³-hybridized carbons (Fsp3) is 0.468. The van der Waals surface area contributed by atoms with Gasteiger partial charge in [0.25, 0.3) is 5.91 Å². The molecule has 9 rings (SSSR count). The lowest BCUT2D eigenvalue weighted by Crippen LogP contribution is -2.61. The number of imidazole rings is 1. The molecular formula is C47H56N12O5. The fourth-order valence-corrected chi connectivity index (χ4v) is 10.0. The number of nitrogens with zero attached hydrogens (tertiary/aromatic N) is 10. The zero-order valence-corrected chi connectivity index (χ0v) is 37.0. The zero-order valence-electron chi connectivity index (χ0n) is 37.0. The van der Waals surface area contributed by atoms with Crippen LogP contribution in [0.5, 0.6) is 0 Å². The van der Waals surface area contributed by atoms with Crippen molar-refractivity contribution in [2.45, 2.75) is 90.6 Å². The molecule has 64 heavy (non-hydrogen) atoms. The third-order valence-electron chi connectivity index (χ3n) is 13.8. The Bertz CT molecular complexity index is 2790. The number of pyridine rings is 1. The number of carbonyl (C=O) groups excluding carboxylic acids is 4. The van der Waals surface area contributed by atoms with Crippen LogP contribution in [0.1, 0.15) is 98.8 Å². The Balaban J connectivity index is 0.768. The van der Waals surface area contributed by atoms with Gasteiger partial charge in [0, 0.05) is 76.4 Å². The maximum Gasteiger partial charge on any atom is 0.329 e. The Hall–Kier alpha value is -6.49. The molecule has 3 saturated heterocycles. The van der Waals surface area contributed by atoms with E-state index in [1.807, 2.05) is 42.1 Å². The topological polar surface area (TPSA) is 187 Å². The molecule has 4 amide bonds. The Morgan fingerprint density at radius 3 is 2.58 bits per heavy atom. The molecule has 1 unspecified atom stereocenters. The molecule has 3 aliphatic rings. The molecule has 1 spiro atoms. The number of aromatic nitrogens is 8. The lowest BCUT2D eigenvalue weighted by molar-refractivity contribution is -0.141. The largest absolute Gasteiger partial charge is 0.342 e. The molecule has 1 aromatic carbocycles. The van der Waals surface area contributed by atoms with Crippen LogP contribution in [-0.4, -0.2) is 105 Å². The summed E-state index contributed by atoms with van der Waals surface area (Å²) >= 11 is 0. The molecule has 8 heterocycles. The van der Waals surface area contributed by atoms with Crippen molar-refractivity contribution in [3.05, 3.63) is 94.6 Å². The van der Waals surface area contributed by atoms with Crippen LogP contribution in [0.15, 0.2) is 72.2 Å². The van der Waals surface area contributed by atoms with Crippen molar-refractivity contribution in [2.24, 2.45) is 18.4 Å². The molecule has 3 fully saturated rings. The molecule has 3 aliphatic heterocycles. The van der Waals surface area contributed by atoms with Gasteiger partial charge in [0.05, 0.1) is 28.6 Å². The van der Waals surface area contributed by atoms with Gasteiger partial charge in [-0.05, 0) is 106 Å². The van der Waals surface area contributed by atoms with Crippen molar-refractivity contribution in [3.63, 3.8) is 0 Å². The van der Waals surface area contributed by atoms with E-state index in [1.54, 1.807) is 45.4 Å². The maximum absolute atomic E-state index is 14.0.